The third-order valence-corrected chi connectivity index (χ3v) is 3.74. The van der Waals surface area contributed by atoms with Gasteiger partial charge in [-0.2, -0.15) is 0 Å². The summed E-state index contributed by atoms with van der Waals surface area (Å²) in [6.07, 6.45) is 4.05. The number of anilines is 1. The Kier molecular flexibility index (Phi) is 4.78. The zero-order valence-corrected chi connectivity index (χ0v) is 12.8. The van der Waals surface area contributed by atoms with Crippen molar-refractivity contribution in [3.63, 3.8) is 0 Å². The molecule has 0 fully saturated rings. The molecule has 1 heterocycles. The number of hydrogen-bond donors (Lipinski definition) is 2. The van der Waals surface area contributed by atoms with Gasteiger partial charge in [-0.15, -0.1) is 0 Å². The van der Waals surface area contributed by atoms with Gasteiger partial charge >= 0.3 is 0 Å². The molecule has 0 spiro atoms. The molecule has 21 heavy (non-hydrogen) atoms. The Morgan fingerprint density at radius 3 is 2.90 bits per heavy atom. The highest BCUT2D eigenvalue weighted by Gasteiger charge is 2.17. The van der Waals surface area contributed by atoms with Crippen LogP contribution in [-0.4, -0.2) is 11.8 Å². The molecule has 2 N–H and O–H groups in total. The molecule has 0 unspecified atom stereocenters. The van der Waals surface area contributed by atoms with Gasteiger partial charge in [0.05, 0.1) is 6.04 Å². The standard InChI is InChI=1S/C17H22N2O2/c1-4-5-11(2)17(21)18-12(3)13-6-8-15-14(10-13)7-9-16(20)19-15/h5-6,8,10,12H,4,7,9H2,1-3H3,(H,18,21)(H,19,20)/b11-5-/t12-/m1/s1. The van der Waals surface area contributed by atoms with E-state index in [2.05, 4.69) is 16.7 Å². The first kappa shape index (κ1) is 15.3. The number of fused-ring (bicyclic) bond motifs is 1. The fraction of sp³-hybridized carbons (Fsp3) is 0.412. The van der Waals surface area contributed by atoms with Gasteiger partial charge in [-0.1, -0.05) is 25.1 Å². The van der Waals surface area contributed by atoms with Gasteiger partial charge in [-0.3, -0.25) is 9.59 Å². The lowest BCUT2D eigenvalue weighted by Crippen LogP contribution is -2.27. The van der Waals surface area contributed by atoms with E-state index >= 15 is 0 Å². The molecule has 1 aliphatic heterocycles. The number of rotatable bonds is 4. The molecule has 1 aliphatic rings. The van der Waals surface area contributed by atoms with E-state index in [-0.39, 0.29) is 17.9 Å². The third kappa shape index (κ3) is 3.72. The summed E-state index contributed by atoms with van der Waals surface area (Å²) >= 11 is 0. The van der Waals surface area contributed by atoms with Gasteiger partial charge in [-0.05, 0) is 43.9 Å². The Morgan fingerprint density at radius 1 is 1.43 bits per heavy atom. The summed E-state index contributed by atoms with van der Waals surface area (Å²) in [5.41, 5.74) is 3.82. The van der Waals surface area contributed by atoms with Crippen molar-refractivity contribution in [2.45, 2.75) is 46.1 Å². The van der Waals surface area contributed by atoms with Gasteiger partial charge in [0.1, 0.15) is 0 Å². The minimum Gasteiger partial charge on any atom is -0.346 e. The van der Waals surface area contributed by atoms with Crippen LogP contribution in [0.2, 0.25) is 0 Å². The van der Waals surface area contributed by atoms with E-state index in [1.165, 1.54) is 0 Å². The monoisotopic (exact) mass is 286 g/mol. The molecule has 0 aliphatic carbocycles. The molecule has 4 nitrogen and oxygen atoms in total. The van der Waals surface area contributed by atoms with Crippen molar-refractivity contribution in [3.05, 3.63) is 41.0 Å². The Morgan fingerprint density at radius 2 is 2.19 bits per heavy atom. The number of carbonyl (C=O) groups excluding carboxylic acids is 2. The smallest absolute Gasteiger partial charge is 0.247 e. The van der Waals surface area contributed by atoms with Crippen molar-refractivity contribution in [2.75, 3.05) is 5.32 Å². The number of allylic oxidation sites excluding steroid dienone is 1. The average Bonchev–Trinajstić information content (AvgIpc) is 2.46. The third-order valence-electron chi connectivity index (χ3n) is 3.74. The Hall–Kier alpha value is -2.10. The number of amides is 2. The summed E-state index contributed by atoms with van der Waals surface area (Å²) < 4.78 is 0. The molecular weight excluding hydrogens is 264 g/mol. The zero-order chi connectivity index (χ0) is 15.4. The molecule has 0 saturated heterocycles. The summed E-state index contributed by atoms with van der Waals surface area (Å²) in [6.45, 7) is 5.81. The lowest BCUT2D eigenvalue weighted by Gasteiger charge is -2.20. The molecule has 2 rings (SSSR count). The van der Waals surface area contributed by atoms with Gasteiger partial charge in [0.25, 0.3) is 0 Å². The predicted octanol–water partition coefficient (Wildman–Crippen LogP) is 3.10. The van der Waals surface area contributed by atoms with Crippen LogP contribution in [-0.2, 0) is 16.0 Å². The lowest BCUT2D eigenvalue weighted by atomic mass is 9.97. The first-order valence-corrected chi connectivity index (χ1v) is 7.41. The Balaban J connectivity index is 2.10. The summed E-state index contributed by atoms with van der Waals surface area (Å²) in [7, 11) is 0. The summed E-state index contributed by atoms with van der Waals surface area (Å²) in [5, 5.41) is 5.87. The molecule has 0 radical (unpaired) electrons. The zero-order valence-electron chi connectivity index (χ0n) is 12.8. The van der Waals surface area contributed by atoms with Crippen LogP contribution < -0.4 is 10.6 Å². The average molecular weight is 286 g/mol. The first-order chi connectivity index (χ1) is 10.0. The van der Waals surface area contributed by atoms with Crippen molar-refractivity contribution in [2.24, 2.45) is 0 Å². The van der Waals surface area contributed by atoms with Crippen molar-refractivity contribution in [1.82, 2.24) is 5.32 Å². The van der Waals surface area contributed by atoms with E-state index < -0.39 is 0 Å². The van der Waals surface area contributed by atoms with Crippen LogP contribution >= 0.6 is 0 Å². The second kappa shape index (κ2) is 6.57. The topological polar surface area (TPSA) is 58.2 Å². The fourth-order valence-corrected chi connectivity index (χ4v) is 2.47. The van der Waals surface area contributed by atoms with Crippen LogP contribution in [0.25, 0.3) is 0 Å². The van der Waals surface area contributed by atoms with E-state index in [9.17, 15) is 9.59 Å². The highest BCUT2D eigenvalue weighted by molar-refractivity contribution is 5.94. The SMILES string of the molecule is CC/C=C(/C)C(=O)N[C@H](C)c1ccc2c(c1)CCC(=O)N2. The van der Waals surface area contributed by atoms with Gasteiger partial charge in [0.2, 0.25) is 11.8 Å². The molecule has 0 saturated carbocycles. The summed E-state index contributed by atoms with van der Waals surface area (Å²) in [5.74, 6) is 0.0345. The molecule has 0 aromatic heterocycles. The largest absolute Gasteiger partial charge is 0.346 e. The van der Waals surface area contributed by atoms with E-state index in [1.807, 2.05) is 39.0 Å². The van der Waals surface area contributed by atoms with E-state index in [4.69, 9.17) is 0 Å². The number of benzene rings is 1. The van der Waals surface area contributed by atoms with Gasteiger partial charge in [0, 0.05) is 17.7 Å². The van der Waals surface area contributed by atoms with Crippen LogP contribution in [0.15, 0.2) is 29.8 Å². The van der Waals surface area contributed by atoms with Crippen LogP contribution in [0.5, 0.6) is 0 Å². The second-order valence-corrected chi connectivity index (χ2v) is 5.46. The molecule has 1 aromatic rings. The van der Waals surface area contributed by atoms with Crippen LogP contribution in [0.1, 0.15) is 50.8 Å². The quantitative estimate of drug-likeness (QED) is 0.836. The van der Waals surface area contributed by atoms with Gasteiger partial charge in [0.15, 0.2) is 0 Å². The van der Waals surface area contributed by atoms with E-state index in [1.54, 1.807) is 0 Å². The molecule has 2 amide bonds. The highest BCUT2D eigenvalue weighted by Crippen LogP contribution is 2.26. The Bertz CT molecular complexity index is 590. The van der Waals surface area contributed by atoms with E-state index in [0.29, 0.717) is 6.42 Å². The Labute approximate surface area is 125 Å². The number of carbonyl (C=O) groups is 2. The fourth-order valence-electron chi connectivity index (χ4n) is 2.47. The minimum absolute atomic E-state index is 0.0321. The van der Waals surface area contributed by atoms with Crippen molar-refractivity contribution >= 4 is 17.5 Å². The summed E-state index contributed by atoms with van der Waals surface area (Å²) in [6, 6.07) is 5.88. The normalized spacial score (nSPS) is 16.0. The highest BCUT2D eigenvalue weighted by atomic mass is 16.2. The maximum atomic E-state index is 12.0. The maximum absolute atomic E-state index is 12.0. The molecule has 1 aromatic carbocycles. The van der Waals surface area contributed by atoms with E-state index in [0.717, 1.165) is 35.2 Å². The second-order valence-electron chi connectivity index (χ2n) is 5.46. The lowest BCUT2D eigenvalue weighted by molar-refractivity contribution is -0.118. The number of nitrogens with one attached hydrogen (secondary N) is 2. The van der Waals surface area contributed by atoms with Crippen LogP contribution in [0.4, 0.5) is 5.69 Å². The maximum Gasteiger partial charge on any atom is 0.247 e. The number of hydrogen-bond acceptors (Lipinski definition) is 2. The first-order valence-electron chi connectivity index (χ1n) is 7.41. The van der Waals surface area contributed by atoms with Crippen molar-refractivity contribution in [3.8, 4) is 0 Å². The van der Waals surface area contributed by atoms with Crippen LogP contribution in [0, 0.1) is 0 Å². The van der Waals surface area contributed by atoms with Gasteiger partial charge < -0.3 is 10.6 Å². The number of aryl methyl sites for hydroxylation is 1. The molecule has 1 atom stereocenters. The van der Waals surface area contributed by atoms with Crippen molar-refractivity contribution in [1.29, 1.82) is 0 Å². The molecule has 112 valence electrons. The molecule has 4 heteroatoms. The van der Waals surface area contributed by atoms with Crippen molar-refractivity contribution < 1.29 is 9.59 Å². The predicted molar refractivity (Wildman–Crippen MR) is 84.0 cm³/mol. The minimum atomic E-state index is -0.0550. The molecule has 0 bridgehead atoms. The van der Waals surface area contributed by atoms with Crippen LogP contribution in [0.3, 0.4) is 0 Å². The summed E-state index contributed by atoms with van der Waals surface area (Å²) in [4.78, 5) is 23.4. The molecular formula is C17H22N2O2. The van der Waals surface area contributed by atoms with Gasteiger partial charge in [-0.25, -0.2) is 0 Å².